The van der Waals surface area contributed by atoms with E-state index in [1.807, 2.05) is 24.3 Å². The van der Waals surface area contributed by atoms with E-state index in [-0.39, 0.29) is 11.4 Å². The van der Waals surface area contributed by atoms with E-state index in [2.05, 4.69) is 20.8 Å². The van der Waals surface area contributed by atoms with E-state index in [9.17, 15) is 4.79 Å². The van der Waals surface area contributed by atoms with Crippen molar-refractivity contribution in [1.29, 1.82) is 0 Å². The van der Waals surface area contributed by atoms with Crippen molar-refractivity contribution in [2.75, 3.05) is 0 Å². The number of carbonyl (C=O) groups is 1. The number of carbonyl (C=O) groups excluding carboxylic acids is 1. The van der Waals surface area contributed by atoms with E-state index >= 15 is 0 Å². The lowest BCUT2D eigenvalue weighted by atomic mass is 9.87. The van der Waals surface area contributed by atoms with Crippen LogP contribution in [0.25, 0.3) is 0 Å². The zero-order valence-corrected chi connectivity index (χ0v) is 10.3. The van der Waals surface area contributed by atoms with E-state index in [1.165, 1.54) is 11.6 Å². The van der Waals surface area contributed by atoms with Crippen LogP contribution in [0.1, 0.15) is 33.3 Å². The Hall–Kier alpha value is -1.57. The third-order valence-corrected chi connectivity index (χ3v) is 2.24. The number of hydrogen-bond donors (Lipinski definition) is 0. The molecule has 1 aromatic rings. The number of allylic oxidation sites excluding steroid dienone is 1. The van der Waals surface area contributed by atoms with Gasteiger partial charge < -0.3 is 4.74 Å². The summed E-state index contributed by atoms with van der Waals surface area (Å²) in [5.74, 6) is 0.238. The van der Waals surface area contributed by atoms with Crippen LogP contribution in [0.4, 0.5) is 0 Å². The molecule has 0 aliphatic heterocycles. The van der Waals surface area contributed by atoms with Crippen LogP contribution in [0, 0.1) is 0 Å². The summed E-state index contributed by atoms with van der Waals surface area (Å²) in [7, 11) is 0. The van der Waals surface area contributed by atoms with Crippen LogP contribution < -0.4 is 4.74 Å². The molecule has 1 rings (SSSR count). The molecule has 0 radical (unpaired) electrons. The second-order valence-electron chi connectivity index (χ2n) is 4.70. The van der Waals surface area contributed by atoms with E-state index < -0.39 is 0 Å². The first-order chi connectivity index (χ1) is 7.43. The van der Waals surface area contributed by atoms with Gasteiger partial charge in [0.05, 0.1) is 0 Å². The van der Waals surface area contributed by atoms with Crippen molar-refractivity contribution < 1.29 is 9.53 Å². The lowest BCUT2D eigenvalue weighted by Crippen LogP contribution is -2.11. The van der Waals surface area contributed by atoms with Gasteiger partial charge in [-0.05, 0) is 30.0 Å². The molecule has 0 N–H and O–H groups in total. The molecule has 0 atom stereocenters. The predicted octanol–water partition coefficient (Wildman–Crippen LogP) is 3.47. The minimum atomic E-state index is -0.342. The number of ether oxygens (including phenoxy) is 1. The smallest absolute Gasteiger partial charge is 0.335 e. The Labute approximate surface area is 96.9 Å². The van der Waals surface area contributed by atoms with E-state index in [1.54, 1.807) is 13.0 Å². The van der Waals surface area contributed by atoms with Crippen molar-refractivity contribution in [3.8, 4) is 5.75 Å². The molecule has 1 aromatic carbocycles. The molecular formula is C14H18O2. The minimum absolute atomic E-state index is 0.117. The van der Waals surface area contributed by atoms with Crippen LogP contribution in [-0.2, 0) is 10.2 Å². The molecule has 0 aromatic heterocycles. The van der Waals surface area contributed by atoms with Gasteiger partial charge in [-0.15, -0.1) is 0 Å². The fourth-order valence-electron chi connectivity index (χ4n) is 1.31. The standard InChI is InChI=1S/C14H18O2/c1-5-6-13(15)16-12-9-7-11(8-10-12)14(2,3)4/h5-10H,1-4H3. The Kier molecular flexibility index (Phi) is 3.88. The van der Waals surface area contributed by atoms with Crippen LogP contribution in [0.15, 0.2) is 36.4 Å². The Morgan fingerprint density at radius 1 is 1.19 bits per heavy atom. The van der Waals surface area contributed by atoms with Gasteiger partial charge in [-0.3, -0.25) is 0 Å². The van der Waals surface area contributed by atoms with E-state index in [4.69, 9.17) is 4.74 Å². The lowest BCUT2D eigenvalue weighted by molar-refractivity contribution is -0.129. The Morgan fingerprint density at radius 2 is 1.75 bits per heavy atom. The van der Waals surface area contributed by atoms with Crippen LogP contribution in [0.5, 0.6) is 5.75 Å². The normalized spacial score (nSPS) is 11.8. The molecule has 0 fully saturated rings. The molecule has 0 bridgehead atoms. The molecule has 0 saturated heterocycles. The highest BCUT2D eigenvalue weighted by Crippen LogP contribution is 2.24. The summed E-state index contributed by atoms with van der Waals surface area (Å²) in [5, 5.41) is 0. The highest BCUT2D eigenvalue weighted by molar-refractivity contribution is 5.83. The molecule has 0 heterocycles. The summed E-state index contributed by atoms with van der Waals surface area (Å²) in [6, 6.07) is 7.61. The highest BCUT2D eigenvalue weighted by atomic mass is 16.5. The molecular weight excluding hydrogens is 200 g/mol. The maximum absolute atomic E-state index is 11.2. The van der Waals surface area contributed by atoms with Gasteiger partial charge in [0, 0.05) is 6.08 Å². The summed E-state index contributed by atoms with van der Waals surface area (Å²) in [6.45, 7) is 8.22. The maximum atomic E-state index is 11.2. The van der Waals surface area contributed by atoms with Gasteiger partial charge in [0.15, 0.2) is 0 Å². The van der Waals surface area contributed by atoms with Gasteiger partial charge in [0.2, 0.25) is 0 Å². The van der Waals surface area contributed by atoms with Gasteiger partial charge in [0.25, 0.3) is 0 Å². The van der Waals surface area contributed by atoms with Crippen LogP contribution in [0.2, 0.25) is 0 Å². The predicted molar refractivity (Wildman–Crippen MR) is 65.6 cm³/mol. The topological polar surface area (TPSA) is 26.3 Å². The number of esters is 1. The van der Waals surface area contributed by atoms with Crippen molar-refractivity contribution >= 4 is 5.97 Å². The molecule has 0 spiro atoms. The minimum Gasteiger partial charge on any atom is -0.423 e. The van der Waals surface area contributed by atoms with E-state index in [0.29, 0.717) is 5.75 Å². The average Bonchev–Trinajstić information content (AvgIpc) is 2.17. The van der Waals surface area contributed by atoms with Crippen LogP contribution in [-0.4, -0.2) is 5.97 Å². The fraction of sp³-hybridized carbons (Fsp3) is 0.357. The Balaban J connectivity index is 2.76. The first kappa shape index (κ1) is 12.5. The fourth-order valence-corrected chi connectivity index (χ4v) is 1.31. The molecule has 0 aliphatic carbocycles. The Morgan fingerprint density at radius 3 is 2.19 bits per heavy atom. The zero-order valence-electron chi connectivity index (χ0n) is 10.3. The van der Waals surface area contributed by atoms with Gasteiger partial charge >= 0.3 is 5.97 Å². The first-order valence-electron chi connectivity index (χ1n) is 5.38. The zero-order chi connectivity index (χ0) is 12.2. The van der Waals surface area contributed by atoms with Crippen molar-refractivity contribution in [1.82, 2.24) is 0 Å². The molecule has 2 heteroatoms. The second kappa shape index (κ2) is 4.97. The SMILES string of the molecule is CC=CC(=O)Oc1ccc(C(C)(C)C)cc1. The average molecular weight is 218 g/mol. The van der Waals surface area contributed by atoms with Crippen LogP contribution >= 0.6 is 0 Å². The number of rotatable bonds is 2. The quantitative estimate of drug-likeness (QED) is 0.431. The molecule has 0 amide bonds. The molecule has 2 nitrogen and oxygen atoms in total. The summed E-state index contributed by atoms with van der Waals surface area (Å²) in [5.41, 5.74) is 1.34. The monoisotopic (exact) mass is 218 g/mol. The van der Waals surface area contributed by atoms with Gasteiger partial charge in [0.1, 0.15) is 5.75 Å². The van der Waals surface area contributed by atoms with Crippen molar-refractivity contribution in [3.05, 3.63) is 42.0 Å². The molecule has 86 valence electrons. The lowest BCUT2D eigenvalue weighted by Gasteiger charge is -2.18. The Bertz CT molecular complexity index is 380. The largest absolute Gasteiger partial charge is 0.423 e. The van der Waals surface area contributed by atoms with Crippen LogP contribution in [0.3, 0.4) is 0 Å². The van der Waals surface area contributed by atoms with Gasteiger partial charge in [-0.2, -0.15) is 0 Å². The molecule has 16 heavy (non-hydrogen) atoms. The summed E-state index contributed by atoms with van der Waals surface area (Å²) in [6.07, 6.45) is 3.06. The third kappa shape index (κ3) is 3.54. The number of benzene rings is 1. The van der Waals surface area contributed by atoms with E-state index in [0.717, 1.165) is 0 Å². The molecule has 0 aliphatic rings. The highest BCUT2D eigenvalue weighted by Gasteiger charge is 2.13. The molecule has 0 unspecified atom stereocenters. The number of hydrogen-bond acceptors (Lipinski definition) is 2. The van der Waals surface area contributed by atoms with Crippen molar-refractivity contribution in [3.63, 3.8) is 0 Å². The summed E-state index contributed by atoms with van der Waals surface area (Å²) < 4.78 is 5.10. The van der Waals surface area contributed by atoms with Gasteiger partial charge in [-0.1, -0.05) is 39.0 Å². The van der Waals surface area contributed by atoms with Gasteiger partial charge in [-0.25, -0.2) is 4.79 Å². The summed E-state index contributed by atoms with van der Waals surface area (Å²) >= 11 is 0. The first-order valence-corrected chi connectivity index (χ1v) is 5.38. The van der Waals surface area contributed by atoms with Crippen molar-refractivity contribution in [2.45, 2.75) is 33.1 Å². The molecule has 0 saturated carbocycles. The third-order valence-electron chi connectivity index (χ3n) is 2.24. The summed E-state index contributed by atoms with van der Waals surface area (Å²) in [4.78, 5) is 11.2. The van der Waals surface area contributed by atoms with Crippen molar-refractivity contribution in [2.24, 2.45) is 0 Å². The second-order valence-corrected chi connectivity index (χ2v) is 4.70. The maximum Gasteiger partial charge on any atom is 0.335 e.